The van der Waals surface area contributed by atoms with Crippen molar-refractivity contribution in [3.8, 4) is 11.4 Å². The van der Waals surface area contributed by atoms with Gasteiger partial charge in [-0.3, -0.25) is 0 Å². The zero-order valence-electron chi connectivity index (χ0n) is 9.19. The van der Waals surface area contributed by atoms with Crippen LogP contribution in [-0.4, -0.2) is 15.7 Å². The SMILES string of the molecule is Clc1nc(-c2ccccc2)nc2c1SCCC2. The predicted octanol–water partition coefficient (Wildman–Crippen LogP) is 3.84. The highest BCUT2D eigenvalue weighted by Gasteiger charge is 2.17. The quantitative estimate of drug-likeness (QED) is 0.731. The Balaban J connectivity index is 2.11. The Morgan fingerprint density at radius 2 is 1.94 bits per heavy atom. The fraction of sp³-hybridized carbons (Fsp3) is 0.231. The standard InChI is InChI=1S/C13H11ClN2S/c14-12-11-10(7-4-8-17-11)15-13(16-12)9-5-2-1-3-6-9/h1-3,5-6H,4,7-8H2. The Hall–Kier alpha value is -1.06. The predicted molar refractivity (Wildman–Crippen MR) is 71.5 cm³/mol. The fourth-order valence-corrected chi connectivity index (χ4v) is 3.23. The zero-order valence-corrected chi connectivity index (χ0v) is 10.8. The van der Waals surface area contributed by atoms with E-state index in [1.807, 2.05) is 30.3 Å². The molecule has 1 aromatic heterocycles. The molecule has 3 rings (SSSR count). The van der Waals surface area contributed by atoms with Crippen LogP contribution in [-0.2, 0) is 6.42 Å². The van der Waals surface area contributed by atoms with E-state index < -0.39 is 0 Å². The summed E-state index contributed by atoms with van der Waals surface area (Å²) < 4.78 is 0. The first-order valence-electron chi connectivity index (χ1n) is 5.59. The van der Waals surface area contributed by atoms with Crippen molar-refractivity contribution < 1.29 is 0 Å². The highest BCUT2D eigenvalue weighted by atomic mass is 35.5. The Morgan fingerprint density at radius 1 is 1.12 bits per heavy atom. The fourth-order valence-electron chi connectivity index (χ4n) is 1.91. The summed E-state index contributed by atoms with van der Waals surface area (Å²) in [5.74, 6) is 1.85. The molecular weight excluding hydrogens is 252 g/mol. The van der Waals surface area contributed by atoms with Gasteiger partial charge in [0.25, 0.3) is 0 Å². The minimum absolute atomic E-state index is 0.596. The first-order chi connectivity index (χ1) is 8.34. The average molecular weight is 263 g/mol. The molecule has 1 aliphatic rings. The van der Waals surface area contributed by atoms with Crippen LogP contribution < -0.4 is 0 Å². The number of benzene rings is 1. The molecule has 4 heteroatoms. The summed E-state index contributed by atoms with van der Waals surface area (Å²) >= 11 is 7.99. The highest BCUT2D eigenvalue weighted by Crippen LogP contribution is 2.35. The largest absolute Gasteiger partial charge is 0.232 e. The molecule has 17 heavy (non-hydrogen) atoms. The summed E-state index contributed by atoms with van der Waals surface area (Å²) in [7, 11) is 0. The lowest BCUT2D eigenvalue weighted by molar-refractivity contribution is 0.831. The van der Waals surface area contributed by atoms with Gasteiger partial charge >= 0.3 is 0 Å². The van der Waals surface area contributed by atoms with Gasteiger partial charge in [-0.2, -0.15) is 0 Å². The summed E-state index contributed by atoms with van der Waals surface area (Å²) in [6.07, 6.45) is 2.17. The van der Waals surface area contributed by atoms with Crippen molar-refractivity contribution >= 4 is 23.4 Å². The number of thioether (sulfide) groups is 1. The maximum Gasteiger partial charge on any atom is 0.161 e. The van der Waals surface area contributed by atoms with Gasteiger partial charge in [-0.05, 0) is 18.6 Å². The van der Waals surface area contributed by atoms with Crippen LogP contribution in [0.1, 0.15) is 12.1 Å². The van der Waals surface area contributed by atoms with E-state index in [2.05, 4.69) is 9.97 Å². The first-order valence-corrected chi connectivity index (χ1v) is 6.95. The summed E-state index contributed by atoms with van der Waals surface area (Å²) in [6.45, 7) is 0. The average Bonchev–Trinajstić information content (AvgIpc) is 2.40. The molecule has 0 saturated carbocycles. The molecular formula is C13H11ClN2S. The van der Waals surface area contributed by atoms with E-state index in [0.717, 1.165) is 34.2 Å². The molecule has 0 amide bonds. The monoisotopic (exact) mass is 262 g/mol. The molecule has 2 nitrogen and oxygen atoms in total. The highest BCUT2D eigenvalue weighted by molar-refractivity contribution is 7.99. The van der Waals surface area contributed by atoms with Crippen LogP contribution in [0.2, 0.25) is 5.15 Å². The second-order valence-electron chi connectivity index (χ2n) is 3.93. The lowest BCUT2D eigenvalue weighted by atomic mass is 10.2. The summed E-state index contributed by atoms with van der Waals surface area (Å²) in [5.41, 5.74) is 2.12. The maximum absolute atomic E-state index is 6.23. The molecule has 0 spiro atoms. The van der Waals surface area contributed by atoms with Gasteiger partial charge < -0.3 is 0 Å². The van der Waals surface area contributed by atoms with Crippen LogP contribution in [0.15, 0.2) is 35.2 Å². The topological polar surface area (TPSA) is 25.8 Å². The third-order valence-corrected chi connectivity index (χ3v) is 4.33. The van der Waals surface area contributed by atoms with Gasteiger partial charge in [0.05, 0.1) is 10.6 Å². The van der Waals surface area contributed by atoms with Crippen molar-refractivity contribution in [2.75, 3.05) is 5.75 Å². The molecule has 0 radical (unpaired) electrons. The third-order valence-electron chi connectivity index (χ3n) is 2.73. The van der Waals surface area contributed by atoms with Crippen molar-refractivity contribution in [3.63, 3.8) is 0 Å². The van der Waals surface area contributed by atoms with Gasteiger partial charge in [0, 0.05) is 5.56 Å². The van der Waals surface area contributed by atoms with Gasteiger partial charge in [0.2, 0.25) is 0 Å². The molecule has 0 N–H and O–H groups in total. The number of halogens is 1. The molecule has 2 heterocycles. The molecule has 0 atom stereocenters. The number of aromatic nitrogens is 2. The number of hydrogen-bond donors (Lipinski definition) is 0. The Labute approximate surface area is 109 Å². The van der Waals surface area contributed by atoms with Crippen LogP contribution in [0.25, 0.3) is 11.4 Å². The lowest BCUT2D eigenvalue weighted by Crippen LogP contribution is -2.05. The number of fused-ring (bicyclic) bond motifs is 1. The lowest BCUT2D eigenvalue weighted by Gasteiger charge is -2.15. The molecule has 2 aromatic rings. The molecule has 0 bridgehead atoms. The van der Waals surface area contributed by atoms with Gasteiger partial charge in [0.1, 0.15) is 5.15 Å². The minimum atomic E-state index is 0.596. The van der Waals surface area contributed by atoms with Crippen LogP contribution in [0, 0.1) is 0 Å². The van der Waals surface area contributed by atoms with E-state index in [1.165, 1.54) is 6.42 Å². The van der Waals surface area contributed by atoms with E-state index in [1.54, 1.807) is 11.8 Å². The number of rotatable bonds is 1. The van der Waals surface area contributed by atoms with Crippen LogP contribution in [0.4, 0.5) is 0 Å². The normalized spacial score (nSPS) is 14.4. The summed E-state index contributed by atoms with van der Waals surface area (Å²) in [6, 6.07) is 9.98. The zero-order chi connectivity index (χ0) is 11.7. The van der Waals surface area contributed by atoms with Crippen molar-refractivity contribution in [1.82, 2.24) is 9.97 Å². The van der Waals surface area contributed by atoms with Crippen molar-refractivity contribution in [3.05, 3.63) is 41.2 Å². The molecule has 0 unspecified atom stereocenters. The molecule has 1 aromatic carbocycles. The van der Waals surface area contributed by atoms with E-state index in [4.69, 9.17) is 11.6 Å². The summed E-state index contributed by atoms with van der Waals surface area (Å²) in [4.78, 5) is 10.1. The van der Waals surface area contributed by atoms with E-state index in [0.29, 0.717) is 5.15 Å². The molecule has 86 valence electrons. The Bertz CT molecular complexity index is 543. The minimum Gasteiger partial charge on any atom is -0.232 e. The van der Waals surface area contributed by atoms with Crippen LogP contribution >= 0.6 is 23.4 Å². The third kappa shape index (κ3) is 2.17. The summed E-state index contributed by atoms with van der Waals surface area (Å²) in [5, 5.41) is 0.596. The first kappa shape index (κ1) is 11.1. The Morgan fingerprint density at radius 3 is 2.76 bits per heavy atom. The van der Waals surface area contributed by atoms with Gasteiger partial charge in [0.15, 0.2) is 5.82 Å². The van der Waals surface area contributed by atoms with Crippen LogP contribution in [0.5, 0.6) is 0 Å². The molecule has 0 fully saturated rings. The van der Waals surface area contributed by atoms with Crippen molar-refractivity contribution in [2.45, 2.75) is 17.7 Å². The van der Waals surface area contributed by atoms with Gasteiger partial charge in [-0.15, -0.1) is 11.8 Å². The smallest absolute Gasteiger partial charge is 0.161 e. The van der Waals surface area contributed by atoms with E-state index in [9.17, 15) is 0 Å². The van der Waals surface area contributed by atoms with E-state index in [-0.39, 0.29) is 0 Å². The molecule has 1 aliphatic heterocycles. The molecule has 0 aliphatic carbocycles. The van der Waals surface area contributed by atoms with Gasteiger partial charge in [-0.1, -0.05) is 41.9 Å². The Kier molecular flexibility index (Phi) is 3.04. The number of nitrogens with zero attached hydrogens (tertiary/aromatic N) is 2. The van der Waals surface area contributed by atoms with Crippen LogP contribution in [0.3, 0.4) is 0 Å². The van der Waals surface area contributed by atoms with Gasteiger partial charge in [-0.25, -0.2) is 9.97 Å². The van der Waals surface area contributed by atoms with Crippen molar-refractivity contribution in [1.29, 1.82) is 0 Å². The number of hydrogen-bond acceptors (Lipinski definition) is 3. The molecule has 0 saturated heterocycles. The second kappa shape index (κ2) is 4.67. The maximum atomic E-state index is 6.23. The second-order valence-corrected chi connectivity index (χ2v) is 5.40. The number of aryl methyl sites for hydroxylation is 1. The van der Waals surface area contributed by atoms with Crippen molar-refractivity contribution in [2.24, 2.45) is 0 Å². The van der Waals surface area contributed by atoms with E-state index >= 15 is 0 Å².